The van der Waals surface area contributed by atoms with Crippen LogP contribution in [0, 0.1) is 5.92 Å². The Bertz CT molecular complexity index is 840. The van der Waals surface area contributed by atoms with Crippen molar-refractivity contribution in [3.05, 3.63) is 47.7 Å². The summed E-state index contributed by atoms with van der Waals surface area (Å²) in [6.07, 6.45) is -1.25. The molecule has 2 amide bonds. The third-order valence-electron chi connectivity index (χ3n) is 4.37. The number of carbonyl (C=O) groups is 4. The number of nitrogens with one attached hydrogen (secondary N) is 3. The van der Waals surface area contributed by atoms with E-state index >= 15 is 0 Å². The summed E-state index contributed by atoms with van der Waals surface area (Å²) in [5, 5.41) is 22.6. The Morgan fingerprint density at radius 1 is 1.13 bits per heavy atom. The molecule has 1 heterocycles. The highest BCUT2D eigenvalue weighted by molar-refractivity contribution is 5.89. The molecule has 1 aromatic rings. The number of carboxylic acid groups (broad SMARTS) is 2. The summed E-state index contributed by atoms with van der Waals surface area (Å²) in [4.78, 5) is 51.5. The van der Waals surface area contributed by atoms with Gasteiger partial charge in [-0.3, -0.25) is 19.9 Å². The van der Waals surface area contributed by atoms with E-state index in [0.717, 1.165) is 5.56 Å². The Hall–Kier alpha value is -3.60. The fourth-order valence-corrected chi connectivity index (χ4v) is 2.78. The molecule has 1 aliphatic heterocycles. The van der Waals surface area contributed by atoms with Crippen LogP contribution < -0.4 is 16.1 Å². The predicted octanol–water partition coefficient (Wildman–Crippen LogP) is 0.769. The van der Waals surface area contributed by atoms with Gasteiger partial charge in [0.15, 0.2) is 6.10 Å². The largest absolute Gasteiger partial charge is 0.481 e. The van der Waals surface area contributed by atoms with Gasteiger partial charge in [-0.05, 0) is 17.6 Å². The van der Waals surface area contributed by atoms with Gasteiger partial charge in [-0.1, -0.05) is 44.2 Å². The number of hydrogen-bond acceptors (Lipinski definition) is 7. The van der Waals surface area contributed by atoms with Crippen LogP contribution >= 0.6 is 0 Å². The van der Waals surface area contributed by atoms with Crippen LogP contribution in [0.4, 0.5) is 4.79 Å². The second kappa shape index (κ2) is 11.0. The van der Waals surface area contributed by atoms with E-state index in [-0.39, 0.29) is 12.5 Å². The van der Waals surface area contributed by atoms with Crippen molar-refractivity contribution in [2.75, 3.05) is 0 Å². The first-order valence-electron chi connectivity index (χ1n) is 9.53. The van der Waals surface area contributed by atoms with Crippen LogP contribution in [0.5, 0.6) is 0 Å². The molecule has 0 saturated heterocycles. The van der Waals surface area contributed by atoms with Gasteiger partial charge in [0.2, 0.25) is 0 Å². The summed E-state index contributed by atoms with van der Waals surface area (Å²) in [5.74, 6) is -3.78. The van der Waals surface area contributed by atoms with Crippen LogP contribution in [-0.4, -0.2) is 52.3 Å². The van der Waals surface area contributed by atoms with Crippen molar-refractivity contribution >= 4 is 23.9 Å². The fraction of sp³-hybridized carbons (Fsp3) is 0.400. The van der Waals surface area contributed by atoms with Gasteiger partial charge in [-0.2, -0.15) is 0 Å². The lowest BCUT2D eigenvalue weighted by molar-refractivity contribution is -0.148. The van der Waals surface area contributed by atoms with Gasteiger partial charge in [0, 0.05) is 0 Å². The maximum absolute atomic E-state index is 12.3. The highest BCUT2D eigenvalue weighted by atomic mass is 16.7. The van der Waals surface area contributed by atoms with Crippen molar-refractivity contribution < 1.29 is 39.0 Å². The molecule has 5 N–H and O–H groups in total. The van der Waals surface area contributed by atoms with Gasteiger partial charge in [-0.15, -0.1) is 0 Å². The SMILES string of the molecule is CC(C)[C@H](NC(=O)OCc1ccccc1)C1=CC(C(=O)N[C@@H](CC(=O)O)C(=O)O)ON1. The maximum Gasteiger partial charge on any atom is 0.408 e. The maximum atomic E-state index is 12.3. The summed E-state index contributed by atoms with van der Waals surface area (Å²) in [6.45, 7) is 3.77. The second-order valence-electron chi connectivity index (χ2n) is 7.19. The number of carboxylic acids is 2. The average Bonchev–Trinajstić information content (AvgIpc) is 3.20. The molecule has 0 saturated carbocycles. The summed E-state index contributed by atoms with van der Waals surface area (Å²) < 4.78 is 5.21. The van der Waals surface area contributed by atoms with Gasteiger partial charge < -0.3 is 25.6 Å². The van der Waals surface area contributed by atoms with E-state index in [4.69, 9.17) is 19.8 Å². The first-order chi connectivity index (χ1) is 14.7. The molecule has 168 valence electrons. The van der Waals surface area contributed by atoms with Gasteiger partial charge in [0.05, 0.1) is 18.2 Å². The summed E-state index contributed by atoms with van der Waals surface area (Å²) in [7, 11) is 0. The number of alkyl carbamates (subject to hydrolysis) is 1. The third-order valence-corrected chi connectivity index (χ3v) is 4.37. The van der Waals surface area contributed by atoms with Crippen molar-refractivity contribution in [1.82, 2.24) is 16.1 Å². The fourth-order valence-electron chi connectivity index (χ4n) is 2.78. The van der Waals surface area contributed by atoms with E-state index in [9.17, 15) is 19.2 Å². The molecule has 11 nitrogen and oxygen atoms in total. The Kier molecular flexibility index (Phi) is 8.38. The van der Waals surface area contributed by atoms with Crippen LogP contribution in [0.25, 0.3) is 0 Å². The van der Waals surface area contributed by atoms with Crippen LogP contribution in [0.3, 0.4) is 0 Å². The molecule has 0 radical (unpaired) electrons. The first kappa shape index (κ1) is 23.7. The Labute approximate surface area is 178 Å². The lowest BCUT2D eigenvalue weighted by Gasteiger charge is -2.23. The molecular formula is C20H25N3O8. The van der Waals surface area contributed by atoms with Gasteiger partial charge in [0.25, 0.3) is 5.91 Å². The molecule has 11 heteroatoms. The van der Waals surface area contributed by atoms with Crippen LogP contribution in [0.15, 0.2) is 42.1 Å². The average molecular weight is 435 g/mol. The van der Waals surface area contributed by atoms with Crippen LogP contribution in [0.2, 0.25) is 0 Å². The lowest BCUT2D eigenvalue weighted by atomic mass is 10.0. The van der Waals surface area contributed by atoms with E-state index in [1.54, 1.807) is 0 Å². The van der Waals surface area contributed by atoms with E-state index in [1.165, 1.54) is 6.08 Å². The summed E-state index contributed by atoms with van der Waals surface area (Å²) >= 11 is 0. The van der Waals surface area contributed by atoms with Crippen LogP contribution in [0.1, 0.15) is 25.8 Å². The number of benzene rings is 1. The monoisotopic (exact) mass is 435 g/mol. The normalized spacial score (nSPS) is 17.1. The standard InChI is InChI=1S/C20H25N3O8/c1-11(2)17(22-20(29)30-10-12-6-4-3-5-7-12)13-8-15(31-23-13)18(26)21-14(19(27)28)9-16(24)25/h3-8,11,14-15,17,23H,9-10H2,1-2H3,(H,21,26)(H,22,29)(H,24,25)(H,27,28)/t14-,15?,17-/m0/s1. The third kappa shape index (κ3) is 7.30. The highest BCUT2D eigenvalue weighted by Gasteiger charge is 2.33. The summed E-state index contributed by atoms with van der Waals surface area (Å²) in [6, 6.07) is 6.97. The molecule has 3 atom stereocenters. The minimum absolute atomic E-state index is 0.0889. The molecule has 0 bridgehead atoms. The van der Waals surface area contributed by atoms with Gasteiger partial charge in [0.1, 0.15) is 12.6 Å². The quantitative estimate of drug-likeness (QED) is 0.357. The van der Waals surface area contributed by atoms with E-state index in [1.807, 2.05) is 44.2 Å². The molecule has 0 aliphatic carbocycles. The van der Waals surface area contributed by atoms with Crippen molar-refractivity contribution in [1.29, 1.82) is 0 Å². The first-order valence-corrected chi connectivity index (χ1v) is 9.53. The zero-order valence-corrected chi connectivity index (χ0v) is 17.0. The molecule has 0 fully saturated rings. The number of hydrogen-bond donors (Lipinski definition) is 5. The Balaban J connectivity index is 1.97. The van der Waals surface area contributed by atoms with Crippen molar-refractivity contribution in [2.24, 2.45) is 5.92 Å². The number of amides is 2. The second-order valence-corrected chi connectivity index (χ2v) is 7.19. The number of carbonyl (C=O) groups excluding carboxylic acids is 2. The minimum Gasteiger partial charge on any atom is -0.481 e. The molecule has 1 aliphatic rings. The molecule has 1 unspecified atom stereocenters. The lowest BCUT2D eigenvalue weighted by Crippen LogP contribution is -2.46. The van der Waals surface area contributed by atoms with Crippen molar-refractivity contribution in [2.45, 2.75) is 45.1 Å². The Morgan fingerprint density at radius 3 is 2.39 bits per heavy atom. The Morgan fingerprint density at radius 2 is 1.81 bits per heavy atom. The molecular weight excluding hydrogens is 410 g/mol. The summed E-state index contributed by atoms with van der Waals surface area (Å²) in [5.41, 5.74) is 3.77. The van der Waals surface area contributed by atoms with Crippen LogP contribution in [-0.2, 0) is 30.6 Å². The van der Waals surface area contributed by atoms with E-state index in [2.05, 4.69) is 16.1 Å². The van der Waals surface area contributed by atoms with Gasteiger partial charge >= 0.3 is 18.0 Å². The zero-order valence-electron chi connectivity index (χ0n) is 17.0. The predicted molar refractivity (Wildman–Crippen MR) is 106 cm³/mol. The molecule has 31 heavy (non-hydrogen) atoms. The topological polar surface area (TPSA) is 163 Å². The van der Waals surface area contributed by atoms with E-state index in [0.29, 0.717) is 5.70 Å². The van der Waals surface area contributed by atoms with Crippen molar-refractivity contribution in [3.8, 4) is 0 Å². The van der Waals surface area contributed by atoms with Crippen molar-refractivity contribution in [3.63, 3.8) is 0 Å². The molecule has 1 aromatic carbocycles. The number of aliphatic carboxylic acids is 2. The number of ether oxygens (including phenoxy) is 1. The molecule has 0 spiro atoms. The molecule has 2 rings (SSSR count). The highest BCUT2D eigenvalue weighted by Crippen LogP contribution is 2.17. The number of hydroxylamine groups is 1. The molecule has 0 aromatic heterocycles. The zero-order chi connectivity index (χ0) is 23.0. The smallest absolute Gasteiger partial charge is 0.408 e. The van der Waals surface area contributed by atoms with Gasteiger partial charge in [-0.25, -0.2) is 9.59 Å². The minimum atomic E-state index is -1.60. The van der Waals surface area contributed by atoms with E-state index < -0.39 is 48.5 Å². The number of rotatable bonds is 10.